The summed E-state index contributed by atoms with van der Waals surface area (Å²) in [7, 11) is 0. The van der Waals surface area contributed by atoms with Crippen LogP contribution in [0.2, 0.25) is 0 Å². The van der Waals surface area contributed by atoms with Crippen LogP contribution in [0.15, 0.2) is 22.7 Å². The molecule has 1 fully saturated rings. The predicted octanol–water partition coefficient (Wildman–Crippen LogP) is 3.70. The SMILES string of the molecule is CC[C@H](c1cc(Br)cc(OC(F)(F)F)c1)N1CCNCC1. The van der Waals surface area contributed by atoms with Crippen LogP contribution in [0.4, 0.5) is 13.2 Å². The molecule has 0 radical (unpaired) electrons. The number of hydrogen-bond donors (Lipinski definition) is 1. The van der Waals surface area contributed by atoms with Crippen molar-refractivity contribution >= 4 is 15.9 Å². The Morgan fingerprint density at radius 1 is 1.29 bits per heavy atom. The molecule has 21 heavy (non-hydrogen) atoms. The first-order valence-corrected chi connectivity index (χ1v) is 7.69. The molecule has 0 spiro atoms. The second-order valence-corrected chi connectivity index (χ2v) is 5.89. The van der Waals surface area contributed by atoms with E-state index < -0.39 is 6.36 Å². The summed E-state index contributed by atoms with van der Waals surface area (Å²) in [4.78, 5) is 2.29. The third-order valence-electron chi connectivity index (χ3n) is 3.49. The topological polar surface area (TPSA) is 24.5 Å². The monoisotopic (exact) mass is 366 g/mol. The van der Waals surface area contributed by atoms with Crippen molar-refractivity contribution in [2.45, 2.75) is 25.7 Å². The Hall–Kier alpha value is -0.790. The van der Waals surface area contributed by atoms with Crippen molar-refractivity contribution in [3.05, 3.63) is 28.2 Å². The first-order valence-electron chi connectivity index (χ1n) is 6.90. The molecule has 1 saturated heterocycles. The number of nitrogens with zero attached hydrogens (tertiary/aromatic N) is 1. The van der Waals surface area contributed by atoms with E-state index in [1.54, 1.807) is 0 Å². The Labute approximate surface area is 130 Å². The summed E-state index contributed by atoms with van der Waals surface area (Å²) in [5.74, 6) is -0.180. The molecule has 1 aliphatic heterocycles. The van der Waals surface area contributed by atoms with Gasteiger partial charge in [-0.1, -0.05) is 22.9 Å². The molecule has 1 N–H and O–H groups in total. The van der Waals surface area contributed by atoms with Gasteiger partial charge < -0.3 is 10.1 Å². The summed E-state index contributed by atoms with van der Waals surface area (Å²) >= 11 is 3.26. The van der Waals surface area contributed by atoms with Crippen molar-refractivity contribution < 1.29 is 17.9 Å². The lowest BCUT2D eigenvalue weighted by Crippen LogP contribution is -2.45. The lowest BCUT2D eigenvalue weighted by atomic mass is 10.0. The van der Waals surface area contributed by atoms with Gasteiger partial charge in [0.1, 0.15) is 5.75 Å². The van der Waals surface area contributed by atoms with Crippen molar-refractivity contribution in [2.24, 2.45) is 0 Å². The summed E-state index contributed by atoms with van der Waals surface area (Å²) < 4.78 is 41.8. The molecule has 0 bridgehead atoms. The molecule has 1 aromatic carbocycles. The second kappa shape index (κ2) is 6.98. The fourth-order valence-corrected chi connectivity index (χ4v) is 3.16. The largest absolute Gasteiger partial charge is 0.573 e. The number of benzene rings is 1. The third-order valence-corrected chi connectivity index (χ3v) is 3.95. The summed E-state index contributed by atoms with van der Waals surface area (Å²) in [6.07, 6.45) is -3.84. The molecular weight excluding hydrogens is 349 g/mol. The highest BCUT2D eigenvalue weighted by Gasteiger charge is 2.31. The van der Waals surface area contributed by atoms with Crippen LogP contribution in [-0.2, 0) is 0 Å². The highest BCUT2D eigenvalue weighted by molar-refractivity contribution is 9.10. The van der Waals surface area contributed by atoms with Gasteiger partial charge in [0.25, 0.3) is 0 Å². The van der Waals surface area contributed by atoms with Gasteiger partial charge in [0.05, 0.1) is 0 Å². The molecule has 118 valence electrons. The van der Waals surface area contributed by atoms with E-state index in [1.165, 1.54) is 12.1 Å². The van der Waals surface area contributed by atoms with Gasteiger partial charge in [-0.15, -0.1) is 13.2 Å². The van der Waals surface area contributed by atoms with Crippen molar-refractivity contribution in [1.29, 1.82) is 0 Å². The standard InChI is InChI=1S/C14H18BrF3N2O/c1-2-13(20-5-3-19-4-6-20)10-7-11(15)9-12(8-10)21-14(16,17)18/h7-9,13,19H,2-6H2,1H3/t13-/m1/s1. The minimum absolute atomic E-state index is 0.0974. The Balaban J connectivity index is 2.23. The van der Waals surface area contributed by atoms with E-state index in [1.807, 2.05) is 13.0 Å². The minimum Gasteiger partial charge on any atom is -0.406 e. The van der Waals surface area contributed by atoms with E-state index in [0.717, 1.165) is 38.2 Å². The maximum absolute atomic E-state index is 12.4. The highest BCUT2D eigenvalue weighted by atomic mass is 79.9. The second-order valence-electron chi connectivity index (χ2n) is 4.98. The van der Waals surface area contributed by atoms with Gasteiger partial charge in [-0.3, -0.25) is 4.90 Å². The number of ether oxygens (including phenoxy) is 1. The fourth-order valence-electron chi connectivity index (χ4n) is 2.67. The first kappa shape index (κ1) is 16.6. The Morgan fingerprint density at radius 2 is 1.95 bits per heavy atom. The molecular formula is C14H18BrF3N2O. The summed E-state index contributed by atoms with van der Waals surface area (Å²) in [6.45, 7) is 5.62. The number of alkyl halides is 3. The van der Waals surface area contributed by atoms with Crippen molar-refractivity contribution in [3.8, 4) is 5.75 Å². The van der Waals surface area contributed by atoms with Gasteiger partial charge in [-0.05, 0) is 30.2 Å². The molecule has 0 unspecified atom stereocenters. The van der Waals surface area contributed by atoms with Gasteiger partial charge in [-0.25, -0.2) is 0 Å². The van der Waals surface area contributed by atoms with Crippen LogP contribution in [0, 0.1) is 0 Å². The van der Waals surface area contributed by atoms with Crippen molar-refractivity contribution in [3.63, 3.8) is 0 Å². The highest BCUT2D eigenvalue weighted by Crippen LogP contribution is 2.33. The number of hydrogen-bond acceptors (Lipinski definition) is 3. The fraction of sp³-hybridized carbons (Fsp3) is 0.571. The average Bonchev–Trinajstić information content (AvgIpc) is 2.38. The van der Waals surface area contributed by atoms with Crippen molar-refractivity contribution in [1.82, 2.24) is 10.2 Å². The quantitative estimate of drug-likeness (QED) is 0.878. The number of halogens is 4. The number of rotatable bonds is 4. The minimum atomic E-state index is -4.67. The van der Waals surface area contributed by atoms with E-state index in [-0.39, 0.29) is 11.8 Å². The molecule has 1 atom stereocenters. The van der Waals surface area contributed by atoms with Crippen LogP contribution in [0.1, 0.15) is 24.9 Å². The molecule has 1 aromatic rings. The molecule has 1 aliphatic rings. The van der Waals surface area contributed by atoms with E-state index >= 15 is 0 Å². The van der Waals surface area contributed by atoms with Crippen LogP contribution in [-0.4, -0.2) is 37.4 Å². The summed E-state index contributed by atoms with van der Waals surface area (Å²) in [5, 5.41) is 3.27. The predicted molar refractivity (Wildman–Crippen MR) is 78.3 cm³/mol. The summed E-state index contributed by atoms with van der Waals surface area (Å²) in [5.41, 5.74) is 0.841. The maximum atomic E-state index is 12.4. The smallest absolute Gasteiger partial charge is 0.406 e. The van der Waals surface area contributed by atoms with Gasteiger partial charge in [-0.2, -0.15) is 0 Å². The zero-order valence-corrected chi connectivity index (χ0v) is 13.3. The Kier molecular flexibility index (Phi) is 5.51. The van der Waals surface area contributed by atoms with Gasteiger partial charge >= 0.3 is 6.36 Å². The Bertz CT molecular complexity index is 476. The maximum Gasteiger partial charge on any atom is 0.573 e. The van der Waals surface area contributed by atoms with E-state index in [0.29, 0.717) is 4.47 Å². The van der Waals surface area contributed by atoms with Crippen LogP contribution < -0.4 is 10.1 Å². The molecule has 3 nitrogen and oxygen atoms in total. The van der Waals surface area contributed by atoms with E-state index in [2.05, 4.69) is 30.9 Å². The summed E-state index contributed by atoms with van der Waals surface area (Å²) in [6, 6.07) is 4.77. The molecule has 0 aliphatic carbocycles. The van der Waals surface area contributed by atoms with Gasteiger partial charge in [0.15, 0.2) is 0 Å². The van der Waals surface area contributed by atoms with E-state index in [4.69, 9.17) is 0 Å². The number of piperazine rings is 1. The lowest BCUT2D eigenvalue weighted by molar-refractivity contribution is -0.274. The number of nitrogens with one attached hydrogen (secondary N) is 1. The molecule has 0 aromatic heterocycles. The molecule has 2 rings (SSSR count). The lowest BCUT2D eigenvalue weighted by Gasteiger charge is -2.35. The van der Waals surface area contributed by atoms with Crippen LogP contribution >= 0.6 is 15.9 Å². The van der Waals surface area contributed by atoms with Crippen LogP contribution in [0.5, 0.6) is 5.75 Å². The molecule has 0 saturated carbocycles. The van der Waals surface area contributed by atoms with E-state index in [9.17, 15) is 13.2 Å². The van der Waals surface area contributed by atoms with Crippen LogP contribution in [0.3, 0.4) is 0 Å². The van der Waals surface area contributed by atoms with Gasteiger partial charge in [0.2, 0.25) is 0 Å². The zero-order valence-electron chi connectivity index (χ0n) is 11.7. The third kappa shape index (κ3) is 4.86. The van der Waals surface area contributed by atoms with Gasteiger partial charge in [0, 0.05) is 36.7 Å². The van der Waals surface area contributed by atoms with Crippen LogP contribution in [0.25, 0.3) is 0 Å². The molecule has 7 heteroatoms. The normalized spacial score (nSPS) is 18.5. The van der Waals surface area contributed by atoms with Crippen molar-refractivity contribution in [2.75, 3.05) is 26.2 Å². The first-order chi connectivity index (χ1) is 9.89. The molecule has 1 heterocycles. The zero-order chi connectivity index (χ0) is 15.5. The average molecular weight is 367 g/mol. The molecule has 0 amide bonds. The Morgan fingerprint density at radius 3 is 2.52 bits per heavy atom.